The molecule has 6 nitrogen and oxygen atoms in total. The fourth-order valence-electron chi connectivity index (χ4n) is 7.11. The molecule has 1 aliphatic carbocycles. The van der Waals surface area contributed by atoms with E-state index >= 15 is 0 Å². The first-order valence-electron chi connectivity index (χ1n) is 15.2. The van der Waals surface area contributed by atoms with Gasteiger partial charge in [0.15, 0.2) is 0 Å². The lowest BCUT2D eigenvalue weighted by Crippen LogP contribution is -2.36. The van der Waals surface area contributed by atoms with Gasteiger partial charge in [-0.25, -0.2) is 14.2 Å². The molecule has 1 saturated carbocycles. The van der Waals surface area contributed by atoms with Crippen LogP contribution >= 0.6 is 11.3 Å². The second-order valence-electron chi connectivity index (χ2n) is 12.0. The molecule has 0 bridgehead atoms. The van der Waals surface area contributed by atoms with Crippen molar-refractivity contribution in [1.82, 2.24) is 14.5 Å². The number of benzene rings is 2. The van der Waals surface area contributed by atoms with Crippen LogP contribution in [0.15, 0.2) is 60.7 Å². The number of carboxylic acids is 1. The number of hydrogen-bond donors (Lipinski definition) is 1. The predicted octanol–water partition coefficient (Wildman–Crippen LogP) is 8.48. The highest BCUT2D eigenvalue weighted by Crippen LogP contribution is 2.47. The summed E-state index contributed by atoms with van der Waals surface area (Å²) in [5.74, 6) is -0.856. The molecule has 1 N–H and O–H groups in total. The molecule has 2 aliphatic rings. The number of pyridine rings is 1. The van der Waals surface area contributed by atoms with Gasteiger partial charge in [0, 0.05) is 23.5 Å². The number of fused-ring (bicyclic) bond motifs is 2. The van der Waals surface area contributed by atoms with E-state index in [1.807, 2.05) is 29.2 Å². The standard InChI is InChI=1S/C35H34FN3O3S/c1-21-7-6-16-38(21)31(40)20-39-29-19-30(35(41)42)43-34(29)32(22-8-3-2-4-9-22)33(39)25-13-15-28-24(17-25)12-14-27(37-28)23-10-5-11-26(36)18-23/h5,10-15,17-19,21-22H,2-4,6-9,16,20H2,1H3,(H,41,42). The summed E-state index contributed by atoms with van der Waals surface area (Å²) in [6.07, 6.45) is 7.60. The number of carbonyl (C=O) groups is 2. The minimum atomic E-state index is -0.936. The highest BCUT2D eigenvalue weighted by Gasteiger charge is 2.32. The van der Waals surface area contributed by atoms with Crippen molar-refractivity contribution in [2.75, 3.05) is 6.54 Å². The van der Waals surface area contributed by atoms with E-state index in [-0.39, 0.29) is 24.3 Å². The average Bonchev–Trinajstić information content (AvgIpc) is 3.72. The molecule has 8 heteroatoms. The SMILES string of the molecule is CC1CCCN1C(=O)Cn1c(-c2ccc3nc(-c4cccc(F)c4)ccc3c2)c(C2CCCCC2)c2sc(C(=O)O)cc21. The molecular weight excluding hydrogens is 561 g/mol. The summed E-state index contributed by atoms with van der Waals surface area (Å²) < 4.78 is 17.0. The molecule has 220 valence electrons. The van der Waals surface area contributed by atoms with Crippen LogP contribution in [-0.2, 0) is 11.3 Å². The Kier molecular flexibility index (Phi) is 7.25. The first-order valence-corrected chi connectivity index (χ1v) is 16.0. The maximum absolute atomic E-state index is 13.9. The topological polar surface area (TPSA) is 75.4 Å². The Hall–Kier alpha value is -4.04. The third kappa shape index (κ3) is 5.12. The van der Waals surface area contributed by atoms with Gasteiger partial charge in [-0.3, -0.25) is 4.79 Å². The lowest BCUT2D eigenvalue weighted by Gasteiger charge is -2.25. The summed E-state index contributed by atoms with van der Waals surface area (Å²) in [6.45, 7) is 3.04. The van der Waals surface area contributed by atoms with Crippen molar-refractivity contribution in [2.24, 2.45) is 0 Å². The fraction of sp³-hybridized carbons (Fsp3) is 0.343. The van der Waals surface area contributed by atoms with Gasteiger partial charge in [-0.1, -0.05) is 43.5 Å². The molecule has 2 aromatic carbocycles. The number of thiophene rings is 1. The molecule has 0 spiro atoms. The van der Waals surface area contributed by atoms with Crippen molar-refractivity contribution >= 4 is 44.3 Å². The minimum Gasteiger partial charge on any atom is -0.477 e. The Morgan fingerprint density at radius 3 is 2.56 bits per heavy atom. The largest absolute Gasteiger partial charge is 0.477 e. The van der Waals surface area contributed by atoms with Gasteiger partial charge in [0.2, 0.25) is 5.91 Å². The van der Waals surface area contributed by atoms with Crippen LogP contribution in [0.2, 0.25) is 0 Å². The molecular formula is C35H34FN3O3S. The van der Waals surface area contributed by atoms with E-state index in [1.54, 1.807) is 12.1 Å². The van der Waals surface area contributed by atoms with Crippen molar-refractivity contribution in [3.05, 3.63) is 76.9 Å². The molecule has 43 heavy (non-hydrogen) atoms. The Labute approximate surface area is 253 Å². The van der Waals surface area contributed by atoms with Crippen molar-refractivity contribution in [3.63, 3.8) is 0 Å². The van der Waals surface area contributed by atoms with E-state index in [0.717, 1.165) is 83.0 Å². The quantitative estimate of drug-likeness (QED) is 0.214. The number of halogens is 1. The summed E-state index contributed by atoms with van der Waals surface area (Å²) in [5, 5.41) is 10.9. The smallest absolute Gasteiger partial charge is 0.345 e. The number of likely N-dealkylation sites (tertiary alicyclic amines) is 1. The molecule has 1 aliphatic heterocycles. The lowest BCUT2D eigenvalue weighted by molar-refractivity contribution is -0.132. The number of carboxylic acid groups (broad SMARTS) is 1. The first kappa shape index (κ1) is 27.8. The Balaban J connectivity index is 1.40. The Morgan fingerprint density at radius 2 is 1.81 bits per heavy atom. The molecule has 4 heterocycles. The molecule has 2 fully saturated rings. The van der Waals surface area contributed by atoms with Crippen LogP contribution in [0, 0.1) is 5.82 Å². The Morgan fingerprint density at radius 1 is 0.977 bits per heavy atom. The summed E-state index contributed by atoms with van der Waals surface area (Å²) >= 11 is 1.33. The van der Waals surface area contributed by atoms with Crippen molar-refractivity contribution < 1.29 is 19.1 Å². The van der Waals surface area contributed by atoms with Gasteiger partial charge in [-0.05, 0) is 86.1 Å². The molecule has 7 rings (SSSR count). The van der Waals surface area contributed by atoms with E-state index in [4.69, 9.17) is 4.98 Å². The molecule has 5 aromatic rings. The maximum Gasteiger partial charge on any atom is 0.345 e. The number of amides is 1. The molecule has 1 saturated heterocycles. The van der Waals surface area contributed by atoms with Crippen LogP contribution in [0.4, 0.5) is 4.39 Å². The molecule has 1 atom stereocenters. The summed E-state index contributed by atoms with van der Waals surface area (Å²) in [4.78, 5) is 32.9. The van der Waals surface area contributed by atoms with E-state index in [2.05, 4.69) is 23.6 Å². The van der Waals surface area contributed by atoms with Crippen LogP contribution in [-0.4, -0.2) is 44.0 Å². The van der Waals surface area contributed by atoms with Crippen molar-refractivity contribution in [2.45, 2.75) is 70.4 Å². The lowest BCUT2D eigenvalue weighted by atomic mass is 9.83. The van der Waals surface area contributed by atoms with Gasteiger partial charge in [0.25, 0.3) is 0 Å². The van der Waals surface area contributed by atoms with Gasteiger partial charge < -0.3 is 14.6 Å². The molecule has 1 amide bonds. The third-order valence-corrected chi connectivity index (χ3v) is 10.4. The van der Waals surface area contributed by atoms with Crippen LogP contribution < -0.4 is 0 Å². The van der Waals surface area contributed by atoms with Crippen molar-refractivity contribution in [3.8, 4) is 22.5 Å². The van der Waals surface area contributed by atoms with E-state index < -0.39 is 5.97 Å². The maximum atomic E-state index is 13.9. The fourth-order valence-corrected chi connectivity index (χ4v) is 8.24. The van der Waals surface area contributed by atoms with Gasteiger partial charge >= 0.3 is 5.97 Å². The van der Waals surface area contributed by atoms with Crippen molar-refractivity contribution in [1.29, 1.82) is 0 Å². The summed E-state index contributed by atoms with van der Waals surface area (Å²) in [6, 6.07) is 18.5. The van der Waals surface area contributed by atoms with Gasteiger partial charge in [0.05, 0.1) is 27.1 Å². The normalized spacial score (nSPS) is 17.7. The number of aromatic nitrogens is 2. The first-order chi connectivity index (χ1) is 20.9. The number of nitrogens with zero attached hydrogens (tertiary/aromatic N) is 3. The second-order valence-corrected chi connectivity index (χ2v) is 13.1. The third-order valence-electron chi connectivity index (χ3n) is 9.25. The van der Waals surface area contributed by atoms with Crippen LogP contribution in [0.1, 0.15) is 73.0 Å². The number of aromatic carboxylic acids is 1. The van der Waals surface area contributed by atoms with Crippen LogP contribution in [0.25, 0.3) is 43.6 Å². The van der Waals surface area contributed by atoms with Gasteiger partial charge in [0.1, 0.15) is 17.2 Å². The van der Waals surface area contributed by atoms with Crippen LogP contribution in [0.3, 0.4) is 0 Å². The molecule has 3 aromatic heterocycles. The highest BCUT2D eigenvalue weighted by molar-refractivity contribution is 7.21. The van der Waals surface area contributed by atoms with Gasteiger partial charge in [-0.2, -0.15) is 0 Å². The minimum absolute atomic E-state index is 0.0728. The zero-order valence-electron chi connectivity index (χ0n) is 24.2. The number of hydrogen-bond acceptors (Lipinski definition) is 4. The number of rotatable bonds is 6. The van der Waals surface area contributed by atoms with Crippen LogP contribution in [0.5, 0.6) is 0 Å². The summed E-state index contributed by atoms with van der Waals surface area (Å²) in [5.41, 5.74) is 6.26. The zero-order valence-corrected chi connectivity index (χ0v) is 25.0. The summed E-state index contributed by atoms with van der Waals surface area (Å²) in [7, 11) is 0. The van der Waals surface area contributed by atoms with E-state index in [0.29, 0.717) is 16.5 Å². The highest BCUT2D eigenvalue weighted by atomic mass is 32.1. The average molecular weight is 596 g/mol. The van der Waals surface area contributed by atoms with Gasteiger partial charge in [-0.15, -0.1) is 11.3 Å². The predicted molar refractivity (Wildman–Crippen MR) is 169 cm³/mol. The number of carbonyl (C=O) groups excluding carboxylic acids is 1. The zero-order chi connectivity index (χ0) is 29.7. The van der Waals surface area contributed by atoms with E-state index in [9.17, 15) is 19.1 Å². The Bertz CT molecular complexity index is 1870. The second kappa shape index (κ2) is 11.2. The molecule has 0 radical (unpaired) electrons. The monoisotopic (exact) mass is 595 g/mol. The van der Waals surface area contributed by atoms with E-state index in [1.165, 1.54) is 35.5 Å². The molecule has 1 unspecified atom stereocenters.